The van der Waals surface area contributed by atoms with Gasteiger partial charge >= 0.3 is 0 Å². The number of ether oxygens (including phenoxy) is 2. The van der Waals surface area contributed by atoms with Crippen molar-refractivity contribution in [3.8, 4) is 0 Å². The van der Waals surface area contributed by atoms with Crippen molar-refractivity contribution < 1.29 is 54.5 Å². The quantitative estimate of drug-likeness (QED) is 0.193. The molecule has 2 saturated heterocycles. The highest BCUT2D eigenvalue weighted by Gasteiger charge is 2.38. The first-order valence-corrected chi connectivity index (χ1v) is 13.9. The number of aldehydes is 1. The van der Waals surface area contributed by atoms with Gasteiger partial charge in [0.05, 0.1) is 25.4 Å². The first-order chi connectivity index (χ1) is 20.3. The summed E-state index contributed by atoms with van der Waals surface area (Å²) in [5.41, 5.74) is 3.82. The van der Waals surface area contributed by atoms with E-state index >= 15 is 0 Å². The zero-order valence-electron chi connectivity index (χ0n) is 24.5. The highest BCUT2D eigenvalue weighted by molar-refractivity contribution is 5.94. The predicted molar refractivity (Wildman–Crippen MR) is 157 cm³/mol. The van der Waals surface area contributed by atoms with Gasteiger partial charge in [0, 0.05) is 18.4 Å². The Morgan fingerprint density at radius 3 is 1.58 bits per heavy atom. The SMILES string of the molecule is CC(=O)C[C@@H]1OC[C@@H](O)[C@H](O)[C@H]1O.Cc1ccccc1/C=C/C(=O)C[C@@H]1OC[C@@H](O)[C@H](O)[C@H]1O.Cc1ccccc1C=O. The monoisotopic (exact) mass is 602 g/mol. The normalized spacial score (nSPS) is 28.6. The summed E-state index contributed by atoms with van der Waals surface area (Å²) < 4.78 is 10.2. The minimum atomic E-state index is -1.28. The molecule has 0 amide bonds. The number of aliphatic hydroxyl groups is 6. The molecule has 0 aromatic heterocycles. The van der Waals surface area contributed by atoms with Gasteiger partial charge in [-0.25, -0.2) is 0 Å². The Morgan fingerprint density at radius 2 is 1.16 bits per heavy atom. The van der Waals surface area contributed by atoms with Gasteiger partial charge in [-0.2, -0.15) is 0 Å². The smallest absolute Gasteiger partial charge is 0.158 e. The summed E-state index contributed by atoms with van der Waals surface area (Å²) in [6, 6.07) is 15.2. The van der Waals surface area contributed by atoms with Crippen LogP contribution in [-0.4, -0.2) is 111 Å². The molecular weight excluding hydrogens is 560 g/mol. The van der Waals surface area contributed by atoms with Crippen LogP contribution in [0, 0.1) is 13.8 Å². The minimum Gasteiger partial charge on any atom is -0.388 e. The van der Waals surface area contributed by atoms with Crippen molar-refractivity contribution >= 4 is 23.9 Å². The molecule has 2 aromatic carbocycles. The summed E-state index contributed by atoms with van der Waals surface area (Å²) in [4.78, 5) is 32.8. The Bertz CT molecular complexity index is 1210. The Hall–Kier alpha value is -3.13. The molecule has 0 bridgehead atoms. The van der Waals surface area contributed by atoms with Crippen LogP contribution in [0.1, 0.15) is 46.8 Å². The minimum absolute atomic E-state index is 0.0344. The maximum atomic E-state index is 11.9. The Morgan fingerprint density at radius 1 is 0.721 bits per heavy atom. The molecule has 0 saturated carbocycles. The van der Waals surface area contributed by atoms with E-state index in [0.717, 1.165) is 28.5 Å². The molecule has 4 rings (SSSR count). The molecule has 0 radical (unpaired) electrons. The number of benzene rings is 2. The molecule has 11 nitrogen and oxygen atoms in total. The molecule has 2 aliphatic heterocycles. The summed E-state index contributed by atoms with van der Waals surface area (Å²) in [5.74, 6) is -0.321. The van der Waals surface area contributed by atoms with Crippen molar-refractivity contribution in [2.24, 2.45) is 0 Å². The van der Waals surface area contributed by atoms with Gasteiger partial charge in [0.2, 0.25) is 0 Å². The lowest BCUT2D eigenvalue weighted by molar-refractivity contribution is -0.188. The standard InChI is InChI=1S/C16H20O5.C8H14O5.C8H8O/c1-10-4-2-3-5-11(10)6-7-12(17)8-14-16(20)15(19)13(18)9-21-14;1-4(9)2-6-8(12)7(11)5(10)3-13-6;1-7-4-2-3-5-8(7)6-9/h2-7,13-16,18-20H,8-9H2,1H3;5-8,10-12H,2-3H2,1H3;2-6H,1H3/b7-6+;;/t13-,14+,15+,16+;5-,6+,7+,8+;/m11./s1. The van der Waals surface area contributed by atoms with E-state index in [1.807, 2.05) is 62.4 Å². The van der Waals surface area contributed by atoms with E-state index in [1.54, 1.807) is 6.08 Å². The average molecular weight is 603 g/mol. The van der Waals surface area contributed by atoms with Gasteiger partial charge in [0.15, 0.2) is 5.78 Å². The lowest BCUT2D eigenvalue weighted by Gasteiger charge is -2.34. The third-order valence-electron chi connectivity index (χ3n) is 7.06. The molecule has 6 N–H and O–H groups in total. The average Bonchev–Trinajstić information content (AvgIpc) is 2.98. The van der Waals surface area contributed by atoms with Gasteiger partial charge < -0.3 is 40.1 Å². The largest absolute Gasteiger partial charge is 0.388 e. The van der Waals surface area contributed by atoms with Gasteiger partial charge in [-0.05, 0) is 43.5 Å². The fourth-order valence-corrected chi connectivity index (χ4v) is 4.32. The lowest BCUT2D eigenvalue weighted by Crippen LogP contribution is -2.53. The zero-order valence-corrected chi connectivity index (χ0v) is 24.5. The molecule has 2 aliphatic rings. The van der Waals surface area contributed by atoms with Crippen molar-refractivity contribution in [1.29, 1.82) is 0 Å². The number of allylic oxidation sites excluding steroid dienone is 1. The van der Waals surface area contributed by atoms with Crippen molar-refractivity contribution in [1.82, 2.24) is 0 Å². The summed E-state index contributed by atoms with van der Waals surface area (Å²) in [6.45, 7) is 5.13. The molecule has 11 heteroatoms. The van der Waals surface area contributed by atoms with Crippen molar-refractivity contribution in [2.75, 3.05) is 13.2 Å². The second-order valence-corrected chi connectivity index (χ2v) is 10.6. The van der Waals surface area contributed by atoms with Gasteiger partial charge in [-0.15, -0.1) is 0 Å². The highest BCUT2D eigenvalue weighted by Crippen LogP contribution is 2.20. The second kappa shape index (κ2) is 17.9. The van der Waals surface area contributed by atoms with Crippen molar-refractivity contribution in [3.05, 3.63) is 76.9 Å². The fourth-order valence-electron chi connectivity index (χ4n) is 4.32. The summed E-state index contributed by atoms with van der Waals surface area (Å²) >= 11 is 0. The van der Waals surface area contributed by atoms with E-state index in [9.17, 15) is 39.9 Å². The molecule has 2 heterocycles. The first kappa shape index (κ1) is 36.1. The Kier molecular flexibility index (Phi) is 15.0. The molecular formula is C32H42O11. The van der Waals surface area contributed by atoms with Crippen LogP contribution in [0.5, 0.6) is 0 Å². The number of carbonyl (C=O) groups is 3. The van der Waals surface area contributed by atoms with Gasteiger partial charge in [0.1, 0.15) is 48.7 Å². The van der Waals surface area contributed by atoms with Crippen LogP contribution in [0.15, 0.2) is 54.6 Å². The Balaban J connectivity index is 0.000000249. The third-order valence-corrected chi connectivity index (χ3v) is 7.06. The molecule has 0 spiro atoms. The molecule has 43 heavy (non-hydrogen) atoms. The van der Waals surface area contributed by atoms with Crippen molar-refractivity contribution in [2.45, 2.75) is 82.4 Å². The topological polar surface area (TPSA) is 191 Å². The number of Topliss-reactive ketones (excluding diaryl/α,β-unsaturated/α-hetero) is 1. The third kappa shape index (κ3) is 11.5. The fraction of sp³-hybridized carbons (Fsp3) is 0.469. The molecule has 8 atom stereocenters. The van der Waals surface area contributed by atoms with E-state index in [2.05, 4.69) is 0 Å². The first-order valence-electron chi connectivity index (χ1n) is 13.9. The number of rotatable bonds is 7. The number of ketones is 2. The van der Waals surface area contributed by atoms with Crippen LogP contribution >= 0.6 is 0 Å². The molecule has 2 aromatic rings. The van der Waals surface area contributed by atoms with Gasteiger partial charge in [-0.3, -0.25) is 14.4 Å². The van der Waals surface area contributed by atoms with E-state index in [1.165, 1.54) is 13.0 Å². The van der Waals surface area contributed by atoms with E-state index < -0.39 is 48.8 Å². The molecule has 2 fully saturated rings. The second-order valence-electron chi connectivity index (χ2n) is 10.6. The van der Waals surface area contributed by atoms with E-state index in [0.29, 0.717) is 0 Å². The Labute approximate surface area is 251 Å². The molecule has 0 unspecified atom stereocenters. The summed E-state index contributed by atoms with van der Waals surface area (Å²) in [7, 11) is 0. The number of hydrogen-bond acceptors (Lipinski definition) is 11. The van der Waals surface area contributed by atoms with Crippen LogP contribution < -0.4 is 0 Å². The number of hydrogen-bond donors (Lipinski definition) is 6. The summed E-state index contributed by atoms with van der Waals surface area (Å²) in [5, 5.41) is 56.4. The van der Waals surface area contributed by atoms with Gasteiger partial charge in [-0.1, -0.05) is 54.6 Å². The predicted octanol–water partition coefficient (Wildman–Crippen LogP) is 0.703. The lowest BCUT2D eigenvalue weighted by atomic mass is 9.96. The number of aliphatic hydroxyl groups excluding tert-OH is 6. The van der Waals surface area contributed by atoms with Crippen LogP contribution in [-0.2, 0) is 19.1 Å². The molecule has 236 valence electrons. The van der Waals surface area contributed by atoms with Crippen LogP contribution in [0.2, 0.25) is 0 Å². The van der Waals surface area contributed by atoms with Crippen LogP contribution in [0.4, 0.5) is 0 Å². The van der Waals surface area contributed by atoms with Gasteiger partial charge in [0.25, 0.3) is 0 Å². The molecule has 0 aliphatic carbocycles. The van der Waals surface area contributed by atoms with Crippen molar-refractivity contribution in [3.63, 3.8) is 0 Å². The van der Waals surface area contributed by atoms with Crippen LogP contribution in [0.3, 0.4) is 0 Å². The summed E-state index contributed by atoms with van der Waals surface area (Å²) in [6.07, 6.45) is -4.57. The van der Waals surface area contributed by atoms with E-state index in [4.69, 9.17) is 14.6 Å². The maximum Gasteiger partial charge on any atom is 0.158 e. The highest BCUT2D eigenvalue weighted by atomic mass is 16.5. The maximum absolute atomic E-state index is 11.9. The zero-order chi connectivity index (χ0) is 32.1. The van der Waals surface area contributed by atoms with Crippen LogP contribution in [0.25, 0.3) is 6.08 Å². The number of aryl methyl sites for hydroxylation is 2. The number of carbonyl (C=O) groups excluding carboxylic acids is 3. The van der Waals surface area contributed by atoms with E-state index in [-0.39, 0.29) is 37.6 Å².